The van der Waals surface area contributed by atoms with Crippen molar-refractivity contribution in [3.63, 3.8) is 0 Å². The SMILES string of the molecule is Cc1nc(N2CCCC2)[nH]c(=O)c1C. The van der Waals surface area contributed by atoms with Crippen LogP contribution in [-0.4, -0.2) is 23.1 Å². The number of aromatic nitrogens is 2. The third-order valence-corrected chi connectivity index (χ3v) is 2.79. The molecule has 2 heterocycles. The Morgan fingerprint density at radius 2 is 1.93 bits per heavy atom. The molecule has 0 unspecified atom stereocenters. The molecule has 0 amide bonds. The Bertz CT molecular complexity index is 391. The molecule has 0 atom stereocenters. The van der Waals surface area contributed by atoms with Crippen LogP contribution in [0.3, 0.4) is 0 Å². The summed E-state index contributed by atoms with van der Waals surface area (Å²) >= 11 is 0. The summed E-state index contributed by atoms with van der Waals surface area (Å²) in [5.74, 6) is 0.732. The van der Waals surface area contributed by atoms with Gasteiger partial charge in [-0.2, -0.15) is 0 Å². The lowest BCUT2D eigenvalue weighted by Crippen LogP contribution is -2.25. The van der Waals surface area contributed by atoms with E-state index < -0.39 is 0 Å². The minimum atomic E-state index is -0.0144. The molecule has 4 heteroatoms. The number of aromatic amines is 1. The lowest BCUT2D eigenvalue weighted by atomic mass is 10.3. The normalized spacial score (nSPS) is 16.3. The first-order valence-corrected chi connectivity index (χ1v) is 5.01. The zero-order valence-electron chi connectivity index (χ0n) is 8.63. The van der Waals surface area contributed by atoms with E-state index in [0.29, 0.717) is 5.56 Å². The van der Waals surface area contributed by atoms with Crippen molar-refractivity contribution in [3.05, 3.63) is 21.6 Å². The Labute approximate surface area is 83.0 Å². The second-order valence-corrected chi connectivity index (χ2v) is 3.79. The first-order chi connectivity index (χ1) is 6.68. The predicted molar refractivity (Wildman–Crippen MR) is 55.8 cm³/mol. The lowest BCUT2D eigenvalue weighted by molar-refractivity contribution is 0.871. The third-order valence-electron chi connectivity index (χ3n) is 2.79. The van der Waals surface area contributed by atoms with Gasteiger partial charge in [0.1, 0.15) is 0 Å². The van der Waals surface area contributed by atoms with Crippen LogP contribution in [0.1, 0.15) is 24.1 Å². The third kappa shape index (κ3) is 1.52. The maximum Gasteiger partial charge on any atom is 0.255 e. The van der Waals surface area contributed by atoms with Gasteiger partial charge < -0.3 is 4.90 Å². The van der Waals surface area contributed by atoms with Crippen LogP contribution in [0.4, 0.5) is 5.95 Å². The minimum Gasteiger partial charge on any atom is -0.342 e. The number of nitrogens with one attached hydrogen (secondary N) is 1. The number of anilines is 1. The Hall–Kier alpha value is -1.32. The van der Waals surface area contributed by atoms with Crippen LogP contribution in [0.5, 0.6) is 0 Å². The molecule has 1 N–H and O–H groups in total. The van der Waals surface area contributed by atoms with Crippen LogP contribution in [-0.2, 0) is 0 Å². The monoisotopic (exact) mass is 193 g/mol. The molecule has 1 aliphatic rings. The molecule has 1 aliphatic heterocycles. The second-order valence-electron chi connectivity index (χ2n) is 3.79. The predicted octanol–water partition coefficient (Wildman–Crippen LogP) is 0.987. The van der Waals surface area contributed by atoms with E-state index in [-0.39, 0.29) is 5.56 Å². The van der Waals surface area contributed by atoms with Gasteiger partial charge in [0.15, 0.2) is 0 Å². The molecule has 1 fully saturated rings. The first kappa shape index (κ1) is 9.24. The van der Waals surface area contributed by atoms with Crippen LogP contribution < -0.4 is 10.5 Å². The molecule has 4 nitrogen and oxygen atoms in total. The van der Waals surface area contributed by atoms with Gasteiger partial charge in [0.25, 0.3) is 5.56 Å². The summed E-state index contributed by atoms with van der Waals surface area (Å²) in [6, 6.07) is 0. The molecule has 0 aliphatic carbocycles. The van der Waals surface area contributed by atoms with Crippen molar-refractivity contribution in [2.75, 3.05) is 18.0 Å². The average molecular weight is 193 g/mol. The highest BCUT2D eigenvalue weighted by Gasteiger charge is 2.15. The van der Waals surface area contributed by atoms with E-state index in [4.69, 9.17) is 0 Å². The number of rotatable bonds is 1. The molecule has 0 saturated carbocycles. The molecule has 1 aromatic heterocycles. The van der Waals surface area contributed by atoms with Gasteiger partial charge >= 0.3 is 0 Å². The fourth-order valence-electron chi connectivity index (χ4n) is 1.71. The largest absolute Gasteiger partial charge is 0.342 e. The van der Waals surface area contributed by atoms with Gasteiger partial charge in [-0.05, 0) is 26.7 Å². The summed E-state index contributed by atoms with van der Waals surface area (Å²) in [6.45, 7) is 5.69. The zero-order chi connectivity index (χ0) is 10.1. The highest BCUT2D eigenvalue weighted by Crippen LogP contribution is 2.14. The van der Waals surface area contributed by atoms with E-state index in [9.17, 15) is 4.79 Å². The molecular formula is C10H15N3O. The molecular weight excluding hydrogens is 178 g/mol. The molecule has 0 spiro atoms. The fraction of sp³-hybridized carbons (Fsp3) is 0.600. The van der Waals surface area contributed by atoms with E-state index in [1.165, 1.54) is 12.8 Å². The molecule has 0 aromatic carbocycles. The van der Waals surface area contributed by atoms with Crippen molar-refractivity contribution in [2.24, 2.45) is 0 Å². The number of hydrogen-bond acceptors (Lipinski definition) is 3. The summed E-state index contributed by atoms with van der Waals surface area (Å²) in [5, 5.41) is 0. The Kier molecular flexibility index (Phi) is 2.27. The van der Waals surface area contributed by atoms with Crippen molar-refractivity contribution in [1.29, 1.82) is 0 Å². The van der Waals surface area contributed by atoms with E-state index in [2.05, 4.69) is 14.9 Å². The Morgan fingerprint density at radius 3 is 2.50 bits per heavy atom. The van der Waals surface area contributed by atoms with Crippen molar-refractivity contribution < 1.29 is 0 Å². The van der Waals surface area contributed by atoms with Gasteiger partial charge in [0, 0.05) is 24.3 Å². The van der Waals surface area contributed by atoms with Gasteiger partial charge in [-0.15, -0.1) is 0 Å². The lowest BCUT2D eigenvalue weighted by Gasteiger charge is -2.16. The van der Waals surface area contributed by atoms with Crippen molar-refractivity contribution in [1.82, 2.24) is 9.97 Å². The van der Waals surface area contributed by atoms with Crippen LogP contribution in [0.25, 0.3) is 0 Å². The van der Waals surface area contributed by atoms with Crippen LogP contribution in [0.2, 0.25) is 0 Å². The average Bonchev–Trinajstić information content (AvgIpc) is 2.66. The summed E-state index contributed by atoms with van der Waals surface area (Å²) in [5.41, 5.74) is 1.53. The minimum absolute atomic E-state index is 0.0144. The first-order valence-electron chi connectivity index (χ1n) is 5.01. The number of nitrogens with zero attached hydrogens (tertiary/aromatic N) is 2. The zero-order valence-corrected chi connectivity index (χ0v) is 8.63. The van der Waals surface area contributed by atoms with Gasteiger partial charge in [0.05, 0.1) is 0 Å². The van der Waals surface area contributed by atoms with E-state index in [1.54, 1.807) is 6.92 Å². The van der Waals surface area contributed by atoms with Crippen LogP contribution in [0.15, 0.2) is 4.79 Å². The maximum atomic E-state index is 11.5. The Balaban J connectivity index is 2.39. The van der Waals surface area contributed by atoms with Crippen molar-refractivity contribution in [2.45, 2.75) is 26.7 Å². The topological polar surface area (TPSA) is 49.0 Å². The standard InChI is InChI=1S/C10H15N3O/c1-7-8(2)11-10(12-9(7)14)13-5-3-4-6-13/h3-6H2,1-2H3,(H,11,12,14). The van der Waals surface area contributed by atoms with E-state index in [1.807, 2.05) is 6.92 Å². The van der Waals surface area contributed by atoms with E-state index >= 15 is 0 Å². The number of hydrogen-bond donors (Lipinski definition) is 1. The van der Waals surface area contributed by atoms with Crippen LogP contribution in [0, 0.1) is 13.8 Å². The van der Waals surface area contributed by atoms with E-state index in [0.717, 1.165) is 24.7 Å². The number of H-pyrrole nitrogens is 1. The second kappa shape index (κ2) is 3.44. The molecule has 1 saturated heterocycles. The van der Waals surface area contributed by atoms with Crippen LogP contribution >= 0.6 is 0 Å². The molecule has 76 valence electrons. The summed E-state index contributed by atoms with van der Waals surface area (Å²) < 4.78 is 0. The van der Waals surface area contributed by atoms with Gasteiger partial charge in [0.2, 0.25) is 5.95 Å². The summed E-state index contributed by atoms with van der Waals surface area (Å²) in [7, 11) is 0. The maximum absolute atomic E-state index is 11.5. The highest BCUT2D eigenvalue weighted by molar-refractivity contribution is 5.33. The Morgan fingerprint density at radius 1 is 1.29 bits per heavy atom. The molecule has 0 bridgehead atoms. The number of aryl methyl sites for hydroxylation is 1. The smallest absolute Gasteiger partial charge is 0.255 e. The summed E-state index contributed by atoms with van der Waals surface area (Å²) in [6.07, 6.45) is 2.38. The summed E-state index contributed by atoms with van der Waals surface area (Å²) in [4.78, 5) is 20.8. The highest BCUT2D eigenvalue weighted by atomic mass is 16.1. The molecule has 14 heavy (non-hydrogen) atoms. The molecule has 2 rings (SSSR count). The van der Waals surface area contributed by atoms with Gasteiger partial charge in [-0.1, -0.05) is 0 Å². The molecule has 0 radical (unpaired) electrons. The molecule has 1 aromatic rings. The fourth-order valence-corrected chi connectivity index (χ4v) is 1.71. The van der Waals surface area contributed by atoms with Crippen molar-refractivity contribution in [3.8, 4) is 0 Å². The van der Waals surface area contributed by atoms with Gasteiger partial charge in [-0.3, -0.25) is 9.78 Å². The van der Waals surface area contributed by atoms with Crippen molar-refractivity contribution >= 4 is 5.95 Å². The van der Waals surface area contributed by atoms with Gasteiger partial charge in [-0.25, -0.2) is 4.98 Å². The quantitative estimate of drug-likeness (QED) is 0.723.